The molecule has 140 valence electrons. The van der Waals surface area contributed by atoms with Gasteiger partial charge in [0.25, 0.3) is 5.91 Å². The van der Waals surface area contributed by atoms with E-state index in [4.69, 9.17) is 33.1 Å². The molecule has 0 fully saturated rings. The molecule has 0 aliphatic heterocycles. The lowest BCUT2D eigenvalue weighted by Gasteiger charge is -2.11. The second-order valence-corrected chi connectivity index (χ2v) is 7.86. The van der Waals surface area contributed by atoms with Gasteiger partial charge in [-0.05, 0) is 36.2 Å². The van der Waals surface area contributed by atoms with Gasteiger partial charge in [-0.1, -0.05) is 42.3 Å². The summed E-state index contributed by atoms with van der Waals surface area (Å²) in [5.74, 6) is -0.0170. The number of nitrogens with one attached hydrogen (secondary N) is 1. The van der Waals surface area contributed by atoms with E-state index in [1.165, 1.54) is 24.3 Å². The van der Waals surface area contributed by atoms with Crippen molar-refractivity contribution in [3.8, 4) is 5.75 Å². The summed E-state index contributed by atoms with van der Waals surface area (Å²) in [4.78, 5) is 12.3. The first-order valence-electron chi connectivity index (χ1n) is 7.74. The lowest BCUT2D eigenvalue weighted by Crippen LogP contribution is -2.23. The van der Waals surface area contributed by atoms with Crippen LogP contribution in [0.15, 0.2) is 41.3 Å². The number of nitrogens with two attached hydrogens (primary N) is 1. The van der Waals surface area contributed by atoms with Crippen LogP contribution in [0.3, 0.4) is 0 Å². The fourth-order valence-electron chi connectivity index (χ4n) is 2.11. The van der Waals surface area contributed by atoms with Crippen LogP contribution in [-0.4, -0.2) is 20.9 Å². The van der Waals surface area contributed by atoms with Gasteiger partial charge in [0.1, 0.15) is 0 Å². The maximum atomic E-state index is 12.3. The van der Waals surface area contributed by atoms with Gasteiger partial charge in [0.15, 0.2) is 5.75 Å². The predicted octanol–water partition coefficient (Wildman–Crippen LogP) is 3.36. The van der Waals surface area contributed by atoms with E-state index in [0.717, 1.165) is 6.42 Å². The first-order valence-corrected chi connectivity index (χ1v) is 10.0. The van der Waals surface area contributed by atoms with E-state index in [0.29, 0.717) is 23.5 Å². The van der Waals surface area contributed by atoms with Crippen LogP contribution in [0.1, 0.15) is 29.3 Å². The number of ether oxygens (including phenoxy) is 1. The Labute approximate surface area is 162 Å². The number of hydrogen-bond donors (Lipinski definition) is 2. The zero-order valence-corrected chi connectivity index (χ0v) is 16.3. The van der Waals surface area contributed by atoms with Gasteiger partial charge in [-0.15, -0.1) is 0 Å². The molecule has 2 aromatic rings. The summed E-state index contributed by atoms with van der Waals surface area (Å²) >= 11 is 12.3. The standard InChI is InChI=1S/C17H18Cl2N2O4S/c1-2-7-25-16-14(18)8-12(9-15(16)19)17(22)21-10-11-3-5-13(6-4-11)26(20,23)24/h3-6,8-9H,2,7,10H2,1H3,(H,21,22)(H2,20,23,24). The largest absolute Gasteiger partial charge is 0.490 e. The van der Waals surface area contributed by atoms with Crippen molar-refractivity contribution in [2.75, 3.05) is 6.61 Å². The van der Waals surface area contributed by atoms with E-state index in [2.05, 4.69) is 5.32 Å². The molecule has 0 bridgehead atoms. The van der Waals surface area contributed by atoms with E-state index in [-0.39, 0.29) is 27.4 Å². The molecule has 0 atom stereocenters. The Balaban J connectivity index is 2.06. The molecule has 26 heavy (non-hydrogen) atoms. The Bertz CT molecular complexity index is 876. The van der Waals surface area contributed by atoms with Gasteiger partial charge in [0.2, 0.25) is 10.0 Å². The molecule has 3 N–H and O–H groups in total. The van der Waals surface area contributed by atoms with Crippen molar-refractivity contribution in [2.24, 2.45) is 5.14 Å². The topological polar surface area (TPSA) is 98.5 Å². The number of hydrogen-bond acceptors (Lipinski definition) is 4. The quantitative estimate of drug-likeness (QED) is 0.722. The summed E-state index contributed by atoms with van der Waals surface area (Å²) in [7, 11) is -3.74. The number of amides is 1. The van der Waals surface area contributed by atoms with Crippen LogP contribution < -0.4 is 15.2 Å². The van der Waals surface area contributed by atoms with E-state index in [1.54, 1.807) is 12.1 Å². The Morgan fingerprint density at radius 1 is 1.15 bits per heavy atom. The molecule has 0 aromatic heterocycles. The third kappa shape index (κ3) is 5.35. The first kappa shape index (κ1) is 20.5. The Hall–Kier alpha value is -1.80. The van der Waals surface area contributed by atoms with E-state index in [1.807, 2.05) is 6.92 Å². The van der Waals surface area contributed by atoms with Gasteiger partial charge in [-0.3, -0.25) is 4.79 Å². The molecule has 0 aliphatic rings. The van der Waals surface area contributed by atoms with E-state index in [9.17, 15) is 13.2 Å². The van der Waals surface area contributed by atoms with Crippen LogP contribution >= 0.6 is 23.2 Å². The van der Waals surface area contributed by atoms with Crippen molar-refractivity contribution < 1.29 is 17.9 Å². The lowest BCUT2D eigenvalue weighted by atomic mass is 10.2. The summed E-state index contributed by atoms with van der Waals surface area (Å²) in [6, 6.07) is 8.87. The number of halogens is 2. The number of benzene rings is 2. The van der Waals surface area contributed by atoms with Gasteiger partial charge in [-0.2, -0.15) is 0 Å². The van der Waals surface area contributed by atoms with Crippen LogP contribution in [0.25, 0.3) is 0 Å². The number of rotatable bonds is 7. The molecule has 1 amide bonds. The molecule has 0 aliphatic carbocycles. The molecule has 0 spiro atoms. The maximum absolute atomic E-state index is 12.3. The summed E-state index contributed by atoms with van der Waals surface area (Å²) in [6.45, 7) is 2.63. The molecule has 0 unspecified atom stereocenters. The first-order chi connectivity index (χ1) is 12.2. The highest BCUT2D eigenvalue weighted by molar-refractivity contribution is 7.89. The molecule has 2 rings (SSSR count). The third-order valence-corrected chi connectivity index (χ3v) is 4.91. The number of primary sulfonamides is 1. The van der Waals surface area contributed by atoms with Crippen molar-refractivity contribution in [1.29, 1.82) is 0 Å². The highest BCUT2D eigenvalue weighted by Gasteiger charge is 2.14. The van der Waals surface area contributed by atoms with Crippen molar-refractivity contribution in [2.45, 2.75) is 24.8 Å². The minimum absolute atomic E-state index is 0.00816. The van der Waals surface area contributed by atoms with Gasteiger partial charge in [0, 0.05) is 12.1 Å². The van der Waals surface area contributed by atoms with Crippen LogP contribution in [0.4, 0.5) is 0 Å². The van der Waals surface area contributed by atoms with Crippen molar-refractivity contribution in [1.82, 2.24) is 5.32 Å². The number of sulfonamides is 1. The lowest BCUT2D eigenvalue weighted by molar-refractivity contribution is 0.0951. The van der Waals surface area contributed by atoms with Gasteiger partial charge in [0.05, 0.1) is 21.5 Å². The highest BCUT2D eigenvalue weighted by Crippen LogP contribution is 2.34. The van der Waals surface area contributed by atoms with Crippen LogP contribution in [0.2, 0.25) is 10.0 Å². The van der Waals surface area contributed by atoms with Gasteiger partial charge in [-0.25, -0.2) is 13.6 Å². The molecule has 9 heteroatoms. The number of carbonyl (C=O) groups is 1. The Kier molecular flexibility index (Phi) is 6.88. The zero-order chi connectivity index (χ0) is 19.3. The monoisotopic (exact) mass is 416 g/mol. The van der Waals surface area contributed by atoms with Crippen LogP contribution in [-0.2, 0) is 16.6 Å². The normalized spacial score (nSPS) is 11.2. The fourth-order valence-corrected chi connectivity index (χ4v) is 3.23. The summed E-state index contributed by atoms with van der Waals surface area (Å²) in [5, 5.41) is 8.27. The Morgan fingerprint density at radius 2 is 1.73 bits per heavy atom. The van der Waals surface area contributed by atoms with E-state index >= 15 is 0 Å². The average molecular weight is 417 g/mol. The third-order valence-electron chi connectivity index (χ3n) is 3.42. The maximum Gasteiger partial charge on any atom is 0.251 e. The van der Waals surface area contributed by atoms with Crippen molar-refractivity contribution >= 4 is 39.1 Å². The highest BCUT2D eigenvalue weighted by atomic mass is 35.5. The summed E-state index contributed by atoms with van der Waals surface area (Å²) in [5.41, 5.74) is 1.01. The molecule has 0 saturated heterocycles. The van der Waals surface area contributed by atoms with Crippen molar-refractivity contribution in [3.05, 3.63) is 57.6 Å². The SMILES string of the molecule is CCCOc1c(Cl)cc(C(=O)NCc2ccc(S(N)(=O)=O)cc2)cc1Cl. The minimum atomic E-state index is -3.74. The summed E-state index contributed by atoms with van der Waals surface area (Å²) in [6.07, 6.45) is 0.805. The van der Waals surface area contributed by atoms with E-state index < -0.39 is 10.0 Å². The average Bonchev–Trinajstić information content (AvgIpc) is 2.58. The van der Waals surface area contributed by atoms with Crippen LogP contribution in [0.5, 0.6) is 5.75 Å². The molecule has 0 saturated carbocycles. The predicted molar refractivity (Wildman–Crippen MR) is 101 cm³/mol. The molecule has 0 radical (unpaired) electrons. The second-order valence-electron chi connectivity index (χ2n) is 5.49. The zero-order valence-electron chi connectivity index (χ0n) is 14.0. The fraction of sp³-hybridized carbons (Fsp3) is 0.235. The van der Waals surface area contributed by atoms with Gasteiger partial charge >= 0.3 is 0 Å². The van der Waals surface area contributed by atoms with Crippen molar-refractivity contribution in [3.63, 3.8) is 0 Å². The Morgan fingerprint density at radius 3 is 2.23 bits per heavy atom. The smallest absolute Gasteiger partial charge is 0.251 e. The molecule has 6 nitrogen and oxygen atoms in total. The molecular formula is C17H18Cl2N2O4S. The summed E-state index contributed by atoms with van der Waals surface area (Å²) < 4.78 is 27.9. The number of carbonyl (C=O) groups excluding carboxylic acids is 1. The van der Waals surface area contributed by atoms with Crippen LogP contribution in [0, 0.1) is 0 Å². The second kappa shape index (κ2) is 8.73. The van der Waals surface area contributed by atoms with Gasteiger partial charge < -0.3 is 10.1 Å². The molecule has 2 aromatic carbocycles. The minimum Gasteiger partial charge on any atom is -0.490 e. The molecular weight excluding hydrogens is 399 g/mol. The molecule has 0 heterocycles.